The van der Waals surface area contributed by atoms with Gasteiger partial charge in [-0.15, -0.1) is 0 Å². The fourth-order valence-corrected chi connectivity index (χ4v) is 1.56. The Morgan fingerprint density at radius 3 is 2.86 bits per heavy atom. The summed E-state index contributed by atoms with van der Waals surface area (Å²) < 4.78 is 1.68. The van der Waals surface area contributed by atoms with Gasteiger partial charge in [0, 0.05) is 18.8 Å². The number of pyridine rings is 1. The molecule has 0 bridgehead atoms. The Bertz CT molecular complexity index is 444. The number of halogens is 1. The zero-order chi connectivity index (χ0) is 10.1. The molecule has 0 radical (unpaired) electrons. The first-order valence-electron chi connectivity index (χ1n) is 4.08. The number of nitrogens with two attached hydrogens (primary N) is 1. The van der Waals surface area contributed by atoms with Crippen molar-refractivity contribution in [2.75, 3.05) is 5.73 Å². The predicted molar refractivity (Wildman–Crippen MR) is 55.9 cm³/mol. The first-order valence-corrected chi connectivity index (χ1v) is 4.46. The molecule has 0 spiro atoms. The molecule has 0 unspecified atom stereocenters. The normalized spacial score (nSPS) is 10.4. The summed E-state index contributed by atoms with van der Waals surface area (Å²) in [6.45, 7) is 0. The summed E-state index contributed by atoms with van der Waals surface area (Å²) in [4.78, 5) is 3.99. The molecule has 0 saturated heterocycles. The first-order chi connectivity index (χ1) is 6.70. The van der Waals surface area contributed by atoms with Gasteiger partial charge in [0.2, 0.25) is 0 Å². The lowest BCUT2D eigenvalue weighted by atomic mass is 10.2. The van der Waals surface area contributed by atoms with Gasteiger partial charge in [0.05, 0.1) is 17.6 Å². The summed E-state index contributed by atoms with van der Waals surface area (Å²) in [5.41, 5.74) is 7.96. The molecule has 2 heterocycles. The highest BCUT2D eigenvalue weighted by molar-refractivity contribution is 6.32. The SMILES string of the molecule is Cn1ncc(N)c1-c1cccnc1Cl. The number of aryl methyl sites for hydroxylation is 1. The third-order valence-electron chi connectivity index (χ3n) is 1.98. The van der Waals surface area contributed by atoms with Crippen LogP contribution in [-0.2, 0) is 7.05 Å². The molecule has 2 N–H and O–H groups in total. The van der Waals surface area contributed by atoms with Crippen molar-refractivity contribution < 1.29 is 0 Å². The van der Waals surface area contributed by atoms with E-state index >= 15 is 0 Å². The molecular weight excluding hydrogens is 200 g/mol. The van der Waals surface area contributed by atoms with E-state index in [2.05, 4.69) is 10.1 Å². The van der Waals surface area contributed by atoms with Crippen LogP contribution in [0.5, 0.6) is 0 Å². The van der Waals surface area contributed by atoms with Crippen LogP contribution in [0.2, 0.25) is 5.15 Å². The minimum Gasteiger partial charge on any atom is -0.396 e. The minimum absolute atomic E-state index is 0.433. The molecule has 2 aromatic heterocycles. The average Bonchev–Trinajstić information content (AvgIpc) is 2.48. The Kier molecular flexibility index (Phi) is 2.13. The Morgan fingerprint density at radius 2 is 2.29 bits per heavy atom. The molecule has 2 rings (SSSR count). The molecule has 5 heteroatoms. The number of rotatable bonds is 1. The number of nitrogens with zero attached hydrogens (tertiary/aromatic N) is 3. The monoisotopic (exact) mass is 208 g/mol. The van der Waals surface area contributed by atoms with E-state index in [0.29, 0.717) is 10.8 Å². The van der Waals surface area contributed by atoms with Crippen LogP contribution in [0.25, 0.3) is 11.3 Å². The van der Waals surface area contributed by atoms with Gasteiger partial charge in [-0.1, -0.05) is 11.6 Å². The fraction of sp³-hybridized carbons (Fsp3) is 0.111. The Hall–Kier alpha value is -1.55. The molecule has 14 heavy (non-hydrogen) atoms. The van der Waals surface area contributed by atoms with Crippen LogP contribution in [0, 0.1) is 0 Å². The molecule has 0 aromatic carbocycles. The van der Waals surface area contributed by atoms with Crippen molar-refractivity contribution in [1.82, 2.24) is 14.8 Å². The number of hydrogen-bond donors (Lipinski definition) is 1. The molecule has 0 amide bonds. The van der Waals surface area contributed by atoms with Crippen LogP contribution >= 0.6 is 11.6 Å². The van der Waals surface area contributed by atoms with Gasteiger partial charge in [-0.3, -0.25) is 4.68 Å². The predicted octanol–water partition coefficient (Wildman–Crippen LogP) is 1.72. The van der Waals surface area contributed by atoms with Gasteiger partial charge in [-0.25, -0.2) is 4.98 Å². The Labute approximate surface area is 86.3 Å². The second kappa shape index (κ2) is 3.31. The highest BCUT2D eigenvalue weighted by Crippen LogP contribution is 2.29. The molecule has 72 valence electrons. The lowest BCUT2D eigenvalue weighted by Crippen LogP contribution is -1.96. The summed E-state index contributed by atoms with van der Waals surface area (Å²) >= 11 is 5.95. The van der Waals surface area contributed by atoms with E-state index in [1.807, 2.05) is 19.2 Å². The number of anilines is 1. The second-order valence-electron chi connectivity index (χ2n) is 2.91. The number of nitrogen functional groups attached to an aromatic ring is 1. The van der Waals surface area contributed by atoms with E-state index in [-0.39, 0.29) is 0 Å². The quantitative estimate of drug-likeness (QED) is 0.726. The van der Waals surface area contributed by atoms with E-state index in [9.17, 15) is 0 Å². The van der Waals surface area contributed by atoms with Gasteiger partial charge in [-0.05, 0) is 12.1 Å². The summed E-state index contributed by atoms with van der Waals surface area (Å²) in [5, 5.41) is 4.47. The largest absolute Gasteiger partial charge is 0.396 e. The zero-order valence-electron chi connectivity index (χ0n) is 7.61. The van der Waals surface area contributed by atoms with Crippen molar-refractivity contribution in [2.45, 2.75) is 0 Å². The molecular formula is C9H9ClN4. The van der Waals surface area contributed by atoms with Crippen molar-refractivity contribution in [1.29, 1.82) is 0 Å². The molecule has 0 fully saturated rings. The maximum absolute atomic E-state index is 5.95. The minimum atomic E-state index is 0.433. The van der Waals surface area contributed by atoms with Gasteiger partial charge < -0.3 is 5.73 Å². The van der Waals surface area contributed by atoms with Gasteiger partial charge in [0.25, 0.3) is 0 Å². The summed E-state index contributed by atoms with van der Waals surface area (Å²) in [6.07, 6.45) is 3.23. The van der Waals surface area contributed by atoms with Crippen molar-refractivity contribution in [3.05, 3.63) is 29.7 Å². The third kappa shape index (κ3) is 1.33. The molecule has 4 nitrogen and oxygen atoms in total. The Balaban J connectivity index is 2.66. The van der Waals surface area contributed by atoms with E-state index in [4.69, 9.17) is 17.3 Å². The fourth-order valence-electron chi connectivity index (χ4n) is 1.35. The van der Waals surface area contributed by atoms with E-state index in [1.54, 1.807) is 17.1 Å². The summed E-state index contributed by atoms with van der Waals surface area (Å²) in [7, 11) is 1.81. The lowest BCUT2D eigenvalue weighted by molar-refractivity contribution is 0.775. The third-order valence-corrected chi connectivity index (χ3v) is 2.28. The summed E-state index contributed by atoms with van der Waals surface area (Å²) in [6, 6.07) is 3.68. The lowest BCUT2D eigenvalue weighted by Gasteiger charge is -2.04. The summed E-state index contributed by atoms with van der Waals surface area (Å²) in [5.74, 6) is 0. The van der Waals surface area contributed by atoms with Gasteiger partial charge in [0.15, 0.2) is 0 Å². The maximum Gasteiger partial charge on any atom is 0.138 e. The van der Waals surface area contributed by atoms with Crippen molar-refractivity contribution in [2.24, 2.45) is 7.05 Å². The number of hydrogen-bond acceptors (Lipinski definition) is 3. The highest BCUT2D eigenvalue weighted by atomic mass is 35.5. The smallest absolute Gasteiger partial charge is 0.138 e. The molecule has 0 aliphatic carbocycles. The Morgan fingerprint density at radius 1 is 1.50 bits per heavy atom. The molecule has 0 aliphatic heterocycles. The average molecular weight is 209 g/mol. The highest BCUT2D eigenvalue weighted by Gasteiger charge is 2.11. The van der Waals surface area contributed by atoms with Crippen molar-refractivity contribution in [3.8, 4) is 11.3 Å². The maximum atomic E-state index is 5.95. The molecule has 0 atom stereocenters. The number of aromatic nitrogens is 3. The van der Waals surface area contributed by atoms with E-state index < -0.39 is 0 Å². The van der Waals surface area contributed by atoms with Crippen LogP contribution in [0.3, 0.4) is 0 Å². The van der Waals surface area contributed by atoms with E-state index in [0.717, 1.165) is 11.3 Å². The van der Waals surface area contributed by atoms with Gasteiger partial charge in [-0.2, -0.15) is 5.10 Å². The van der Waals surface area contributed by atoms with Gasteiger partial charge >= 0.3 is 0 Å². The van der Waals surface area contributed by atoms with Crippen molar-refractivity contribution in [3.63, 3.8) is 0 Å². The van der Waals surface area contributed by atoms with Crippen molar-refractivity contribution >= 4 is 17.3 Å². The van der Waals surface area contributed by atoms with E-state index in [1.165, 1.54) is 0 Å². The van der Waals surface area contributed by atoms with Crippen LogP contribution < -0.4 is 5.73 Å². The molecule has 2 aromatic rings. The standard InChI is InChI=1S/C9H9ClN4/c1-14-8(7(11)5-13-14)6-3-2-4-12-9(6)10/h2-5H,11H2,1H3. The topological polar surface area (TPSA) is 56.7 Å². The van der Waals surface area contributed by atoms with Crippen LogP contribution in [0.1, 0.15) is 0 Å². The van der Waals surface area contributed by atoms with Gasteiger partial charge in [0.1, 0.15) is 5.15 Å². The van der Waals surface area contributed by atoms with Crippen LogP contribution in [-0.4, -0.2) is 14.8 Å². The molecule has 0 saturated carbocycles. The second-order valence-corrected chi connectivity index (χ2v) is 3.27. The van der Waals surface area contributed by atoms with Crippen LogP contribution in [0.4, 0.5) is 5.69 Å². The molecule has 0 aliphatic rings. The zero-order valence-corrected chi connectivity index (χ0v) is 8.36. The van der Waals surface area contributed by atoms with Crippen LogP contribution in [0.15, 0.2) is 24.5 Å². The first kappa shape index (κ1) is 9.02.